The Bertz CT molecular complexity index is 346. The van der Waals surface area contributed by atoms with Gasteiger partial charge in [-0.2, -0.15) is 0 Å². The van der Waals surface area contributed by atoms with Gasteiger partial charge in [0, 0.05) is 17.5 Å². The lowest BCUT2D eigenvalue weighted by atomic mass is 10.2. The lowest BCUT2D eigenvalue weighted by Crippen LogP contribution is -2.36. The highest BCUT2D eigenvalue weighted by atomic mass is 32.1. The number of nitrogens with one attached hydrogen (secondary N) is 2. The van der Waals surface area contributed by atoms with Gasteiger partial charge in [-0.05, 0) is 36.6 Å². The molecule has 1 heterocycles. The van der Waals surface area contributed by atoms with Gasteiger partial charge >= 0.3 is 0 Å². The third-order valence-corrected chi connectivity index (χ3v) is 4.07. The molecule has 0 spiro atoms. The van der Waals surface area contributed by atoms with Crippen LogP contribution < -0.4 is 10.6 Å². The van der Waals surface area contributed by atoms with Crippen LogP contribution in [0.1, 0.15) is 37.1 Å². The molecule has 1 aliphatic rings. The zero-order chi connectivity index (χ0) is 12.1. The predicted octanol–water partition coefficient (Wildman–Crippen LogP) is 2.32. The maximum absolute atomic E-state index is 11.6. The first kappa shape index (κ1) is 12.6. The van der Waals surface area contributed by atoms with Gasteiger partial charge in [0.05, 0.1) is 6.54 Å². The van der Waals surface area contributed by atoms with E-state index in [1.165, 1.54) is 17.7 Å². The molecular formula is C13H20N2OS. The third kappa shape index (κ3) is 4.13. The highest BCUT2D eigenvalue weighted by molar-refractivity contribution is 7.10. The van der Waals surface area contributed by atoms with Gasteiger partial charge in [-0.1, -0.05) is 13.0 Å². The van der Waals surface area contributed by atoms with Crippen molar-refractivity contribution in [1.29, 1.82) is 0 Å². The number of carbonyl (C=O) groups is 1. The van der Waals surface area contributed by atoms with Gasteiger partial charge in [0.25, 0.3) is 0 Å². The van der Waals surface area contributed by atoms with Crippen molar-refractivity contribution in [3.8, 4) is 0 Å². The minimum Gasteiger partial charge on any atom is -0.355 e. The van der Waals surface area contributed by atoms with Crippen LogP contribution in [-0.2, 0) is 4.79 Å². The normalized spacial score (nSPS) is 16.8. The van der Waals surface area contributed by atoms with Crippen molar-refractivity contribution in [2.45, 2.75) is 32.2 Å². The summed E-state index contributed by atoms with van der Waals surface area (Å²) in [5.41, 5.74) is 0. The Morgan fingerprint density at radius 2 is 2.41 bits per heavy atom. The fourth-order valence-electron chi connectivity index (χ4n) is 1.79. The van der Waals surface area contributed by atoms with Gasteiger partial charge in [0.2, 0.25) is 5.91 Å². The summed E-state index contributed by atoms with van der Waals surface area (Å²) in [6.45, 7) is 3.42. The van der Waals surface area contributed by atoms with Crippen molar-refractivity contribution in [3.63, 3.8) is 0 Å². The van der Waals surface area contributed by atoms with E-state index in [2.05, 4.69) is 35.1 Å². The molecule has 3 nitrogen and oxygen atoms in total. The van der Waals surface area contributed by atoms with Crippen LogP contribution in [-0.4, -0.2) is 19.0 Å². The van der Waals surface area contributed by atoms with Crippen LogP contribution >= 0.6 is 11.3 Å². The minimum absolute atomic E-state index is 0.118. The van der Waals surface area contributed by atoms with Gasteiger partial charge in [0.15, 0.2) is 0 Å². The van der Waals surface area contributed by atoms with Crippen LogP contribution in [0.3, 0.4) is 0 Å². The van der Waals surface area contributed by atoms with Crippen LogP contribution in [0, 0.1) is 5.92 Å². The summed E-state index contributed by atoms with van der Waals surface area (Å²) < 4.78 is 0. The van der Waals surface area contributed by atoms with E-state index in [9.17, 15) is 4.79 Å². The Balaban J connectivity index is 1.69. The molecule has 1 amide bonds. The van der Waals surface area contributed by atoms with E-state index in [-0.39, 0.29) is 5.91 Å². The number of rotatable bonds is 7. The second kappa shape index (κ2) is 6.17. The summed E-state index contributed by atoms with van der Waals surface area (Å²) in [5, 5.41) is 8.36. The molecule has 17 heavy (non-hydrogen) atoms. The van der Waals surface area contributed by atoms with Crippen molar-refractivity contribution in [2.75, 3.05) is 13.1 Å². The van der Waals surface area contributed by atoms with Gasteiger partial charge in [0.1, 0.15) is 0 Å². The van der Waals surface area contributed by atoms with E-state index in [1.54, 1.807) is 11.3 Å². The zero-order valence-corrected chi connectivity index (χ0v) is 11.1. The molecule has 2 N–H and O–H groups in total. The van der Waals surface area contributed by atoms with Crippen LogP contribution in [0.15, 0.2) is 17.5 Å². The average molecular weight is 252 g/mol. The summed E-state index contributed by atoms with van der Waals surface area (Å²) in [7, 11) is 0. The molecule has 0 aromatic carbocycles. The quantitative estimate of drug-likeness (QED) is 0.782. The summed E-state index contributed by atoms with van der Waals surface area (Å²) >= 11 is 1.74. The fourth-order valence-corrected chi connectivity index (χ4v) is 2.68. The topological polar surface area (TPSA) is 41.1 Å². The SMILES string of the molecule is CCC(NCC(=O)NCC1CC1)c1cccs1. The number of carbonyl (C=O) groups excluding carboxylic acids is 1. The van der Waals surface area contributed by atoms with E-state index in [0.29, 0.717) is 12.6 Å². The van der Waals surface area contributed by atoms with E-state index >= 15 is 0 Å². The predicted molar refractivity (Wildman–Crippen MR) is 71.1 cm³/mol. The first-order valence-electron chi connectivity index (χ1n) is 6.33. The Labute approximate surface area is 107 Å². The lowest BCUT2D eigenvalue weighted by molar-refractivity contribution is -0.120. The first-order valence-corrected chi connectivity index (χ1v) is 7.21. The lowest BCUT2D eigenvalue weighted by Gasteiger charge is -2.15. The van der Waals surface area contributed by atoms with E-state index in [0.717, 1.165) is 18.9 Å². The van der Waals surface area contributed by atoms with Crippen LogP contribution in [0.4, 0.5) is 0 Å². The molecule has 4 heteroatoms. The van der Waals surface area contributed by atoms with Crippen molar-refractivity contribution in [2.24, 2.45) is 5.92 Å². The van der Waals surface area contributed by atoms with E-state index < -0.39 is 0 Å². The molecule has 1 fully saturated rings. The summed E-state index contributed by atoms with van der Waals surface area (Å²) in [6, 6.07) is 4.48. The van der Waals surface area contributed by atoms with Crippen molar-refractivity contribution < 1.29 is 4.79 Å². The minimum atomic E-state index is 0.118. The fraction of sp³-hybridized carbons (Fsp3) is 0.615. The monoisotopic (exact) mass is 252 g/mol. The van der Waals surface area contributed by atoms with Crippen molar-refractivity contribution in [3.05, 3.63) is 22.4 Å². The number of amides is 1. The Morgan fingerprint density at radius 3 is 3.00 bits per heavy atom. The average Bonchev–Trinajstić information content (AvgIpc) is 3.02. The molecule has 0 bridgehead atoms. The second-order valence-electron chi connectivity index (χ2n) is 4.60. The molecular weight excluding hydrogens is 232 g/mol. The van der Waals surface area contributed by atoms with Crippen molar-refractivity contribution in [1.82, 2.24) is 10.6 Å². The summed E-state index contributed by atoms with van der Waals surface area (Å²) in [4.78, 5) is 12.9. The molecule has 2 rings (SSSR count). The number of thiophene rings is 1. The summed E-state index contributed by atoms with van der Waals surface area (Å²) in [6.07, 6.45) is 3.57. The third-order valence-electron chi connectivity index (χ3n) is 3.09. The smallest absolute Gasteiger partial charge is 0.233 e. The highest BCUT2D eigenvalue weighted by Gasteiger charge is 2.21. The molecule has 1 aliphatic carbocycles. The first-order chi connectivity index (χ1) is 8.29. The number of hydrogen-bond acceptors (Lipinski definition) is 3. The van der Waals surface area contributed by atoms with E-state index in [1.807, 2.05) is 0 Å². The van der Waals surface area contributed by atoms with Gasteiger partial charge in [-0.15, -0.1) is 11.3 Å². The van der Waals surface area contributed by atoms with E-state index in [4.69, 9.17) is 0 Å². The highest BCUT2D eigenvalue weighted by Crippen LogP contribution is 2.27. The number of hydrogen-bond donors (Lipinski definition) is 2. The van der Waals surface area contributed by atoms with Crippen LogP contribution in [0.25, 0.3) is 0 Å². The zero-order valence-electron chi connectivity index (χ0n) is 10.2. The molecule has 1 aromatic heterocycles. The van der Waals surface area contributed by atoms with Gasteiger partial charge in [-0.3, -0.25) is 4.79 Å². The van der Waals surface area contributed by atoms with Gasteiger partial charge in [-0.25, -0.2) is 0 Å². The van der Waals surface area contributed by atoms with Crippen molar-refractivity contribution >= 4 is 17.2 Å². The molecule has 1 aromatic rings. The summed E-state index contributed by atoms with van der Waals surface area (Å²) in [5.74, 6) is 0.866. The molecule has 0 aliphatic heterocycles. The maximum Gasteiger partial charge on any atom is 0.233 e. The van der Waals surface area contributed by atoms with Gasteiger partial charge < -0.3 is 10.6 Å². The molecule has 1 atom stereocenters. The molecule has 0 radical (unpaired) electrons. The molecule has 1 unspecified atom stereocenters. The maximum atomic E-state index is 11.6. The Kier molecular flexibility index (Phi) is 4.57. The molecule has 0 saturated heterocycles. The van der Waals surface area contributed by atoms with Crippen LogP contribution in [0.5, 0.6) is 0 Å². The molecule has 94 valence electrons. The standard InChI is InChI=1S/C13H20N2OS/c1-2-11(12-4-3-7-17-12)14-9-13(16)15-8-10-5-6-10/h3-4,7,10-11,14H,2,5-6,8-9H2,1H3,(H,15,16). The Hall–Kier alpha value is -0.870. The second-order valence-corrected chi connectivity index (χ2v) is 5.58. The molecule has 1 saturated carbocycles. The largest absolute Gasteiger partial charge is 0.355 e. The van der Waals surface area contributed by atoms with Crippen LogP contribution in [0.2, 0.25) is 0 Å². The Morgan fingerprint density at radius 1 is 1.59 bits per heavy atom.